The number of aryl methyl sites for hydroxylation is 1. The summed E-state index contributed by atoms with van der Waals surface area (Å²) < 4.78 is 27.8. The molecule has 1 N–H and O–H groups in total. The molecule has 0 unspecified atom stereocenters. The second-order valence-corrected chi connectivity index (χ2v) is 7.16. The first-order valence-electron chi connectivity index (χ1n) is 5.52. The zero-order valence-electron chi connectivity index (χ0n) is 10.5. The fourth-order valence-electron chi connectivity index (χ4n) is 1.31. The standard InChI is InChI=1S/C12H18BrNO2S/c1-8(2)10(4)14-17(15,16)12-7-11(13)6-5-9(12)3/h5-8,10,14H,1-4H3/t10-/m0/s1. The molecule has 0 amide bonds. The lowest BCUT2D eigenvalue weighted by Crippen LogP contribution is -2.36. The van der Waals surface area contributed by atoms with Gasteiger partial charge in [-0.2, -0.15) is 0 Å². The first-order valence-corrected chi connectivity index (χ1v) is 7.80. The van der Waals surface area contributed by atoms with E-state index in [4.69, 9.17) is 0 Å². The molecule has 0 aliphatic heterocycles. The van der Waals surface area contributed by atoms with Crippen LogP contribution in [0, 0.1) is 12.8 Å². The summed E-state index contributed by atoms with van der Waals surface area (Å²) in [6.07, 6.45) is 0. The summed E-state index contributed by atoms with van der Waals surface area (Å²) in [5.74, 6) is 0.261. The fourth-order valence-corrected chi connectivity index (χ4v) is 3.48. The molecular formula is C12H18BrNO2S. The van der Waals surface area contributed by atoms with E-state index >= 15 is 0 Å². The number of rotatable bonds is 4. The van der Waals surface area contributed by atoms with Gasteiger partial charge in [-0.05, 0) is 37.5 Å². The minimum Gasteiger partial charge on any atom is -0.208 e. The Hall–Kier alpha value is -0.390. The van der Waals surface area contributed by atoms with Crippen LogP contribution in [0.1, 0.15) is 26.3 Å². The largest absolute Gasteiger partial charge is 0.241 e. The van der Waals surface area contributed by atoms with Crippen molar-refractivity contribution >= 4 is 26.0 Å². The third-order valence-corrected chi connectivity index (χ3v) is 4.97. The molecule has 96 valence electrons. The molecule has 1 atom stereocenters. The molecule has 0 spiro atoms. The molecule has 3 nitrogen and oxygen atoms in total. The lowest BCUT2D eigenvalue weighted by molar-refractivity contribution is 0.476. The Bertz CT molecular complexity index is 497. The van der Waals surface area contributed by atoms with Gasteiger partial charge in [0, 0.05) is 10.5 Å². The van der Waals surface area contributed by atoms with E-state index in [0.29, 0.717) is 4.90 Å². The van der Waals surface area contributed by atoms with E-state index in [-0.39, 0.29) is 12.0 Å². The molecule has 17 heavy (non-hydrogen) atoms. The van der Waals surface area contributed by atoms with Crippen LogP contribution in [0.4, 0.5) is 0 Å². The van der Waals surface area contributed by atoms with E-state index in [1.165, 1.54) is 0 Å². The lowest BCUT2D eigenvalue weighted by atomic mass is 10.1. The molecule has 0 saturated heterocycles. The highest BCUT2D eigenvalue weighted by molar-refractivity contribution is 9.10. The van der Waals surface area contributed by atoms with Gasteiger partial charge in [-0.3, -0.25) is 0 Å². The van der Waals surface area contributed by atoms with E-state index < -0.39 is 10.0 Å². The van der Waals surface area contributed by atoms with Gasteiger partial charge < -0.3 is 0 Å². The topological polar surface area (TPSA) is 46.2 Å². The Labute approximate surface area is 112 Å². The normalized spacial score (nSPS) is 14.0. The van der Waals surface area contributed by atoms with E-state index in [1.807, 2.05) is 26.8 Å². The summed E-state index contributed by atoms with van der Waals surface area (Å²) in [5, 5.41) is 0. The van der Waals surface area contributed by atoms with Crippen molar-refractivity contribution in [3.8, 4) is 0 Å². The van der Waals surface area contributed by atoms with Crippen LogP contribution in [0.2, 0.25) is 0 Å². The highest BCUT2D eigenvalue weighted by atomic mass is 79.9. The zero-order valence-corrected chi connectivity index (χ0v) is 12.9. The van der Waals surface area contributed by atoms with E-state index in [2.05, 4.69) is 20.7 Å². The summed E-state index contributed by atoms with van der Waals surface area (Å²) in [7, 11) is -3.44. The summed E-state index contributed by atoms with van der Waals surface area (Å²) in [4.78, 5) is 0.333. The molecule has 0 aliphatic rings. The average Bonchev–Trinajstić information content (AvgIpc) is 2.20. The maximum Gasteiger partial charge on any atom is 0.241 e. The van der Waals surface area contributed by atoms with E-state index in [9.17, 15) is 8.42 Å². The molecule has 0 bridgehead atoms. The Morgan fingerprint density at radius 3 is 2.35 bits per heavy atom. The number of halogens is 1. The van der Waals surface area contributed by atoms with Crippen molar-refractivity contribution in [3.63, 3.8) is 0 Å². The molecule has 0 saturated carbocycles. The highest BCUT2D eigenvalue weighted by Crippen LogP contribution is 2.21. The van der Waals surface area contributed by atoms with Crippen molar-refractivity contribution in [2.75, 3.05) is 0 Å². The average molecular weight is 320 g/mol. The first kappa shape index (κ1) is 14.7. The maximum absolute atomic E-state index is 12.2. The summed E-state index contributed by atoms with van der Waals surface area (Å²) in [5.41, 5.74) is 0.747. The SMILES string of the molecule is Cc1ccc(Br)cc1S(=O)(=O)N[C@@H](C)C(C)C. The number of nitrogens with one attached hydrogen (secondary N) is 1. The molecule has 0 aromatic heterocycles. The van der Waals surface area contributed by atoms with Gasteiger partial charge in [0.15, 0.2) is 0 Å². The van der Waals surface area contributed by atoms with Crippen LogP contribution in [0.15, 0.2) is 27.6 Å². The van der Waals surface area contributed by atoms with Gasteiger partial charge in [0.05, 0.1) is 4.90 Å². The minimum atomic E-state index is -3.44. The van der Waals surface area contributed by atoms with Gasteiger partial charge >= 0.3 is 0 Å². The number of sulfonamides is 1. The van der Waals surface area contributed by atoms with Crippen LogP contribution in [0.3, 0.4) is 0 Å². The van der Waals surface area contributed by atoms with Gasteiger partial charge in [0.1, 0.15) is 0 Å². The van der Waals surface area contributed by atoms with Crippen LogP contribution < -0.4 is 4.72 Å². The Morgan fingerprint density at radius 1 is 1.24 bits per heavy atom. The van der Waals surface area contributed by atoms with Crippen LogP contribution in [-0.4, -0.2) is 14.5 Å². The molecule has 5 heteroatoms. The highest BCUT2D eigenvalue weighted by Gasteiger charge is 2.21. The predicted molar refractivity (Wildman–Crippen MR) is 73.5 cm³/mol. The Kier molecular flexibility index (Phi) is 4.75. The number of hydrogen-bond acceptors (Lipinski definition) is 2. The molecule has 1 rings (SSSR count). The van der Waals surface area contributed by atoms with E-state index in [1.54, 1.807) is 19.1 Å². The predicted octanol–water partition coefficient (Wildman–Crippen LogP) is 3.08. The second kappa shape index (κ2) is 5.50. The molecule has 1 aromatic rings. The second-order valence-electron chi connectivity index (χ2n) is 4.56. The summed E-state index contributed by atoms with van der Waals surface area (Å²) >= 11 is 3.29. The van der Waals surface area contributed by atoms with Gasteiger partial charge in [0.25, 0.3) is 0 Å². The zero-order chi connectivity index (χ0) is 13.2. The number of hydrogen-bond donors (Lipinski definition) is 1. The monoisotopic (exact) mass is 319 g/mol. The number of benzene rings is 1. The van der Waals surface area contributed by atoms with Crippen LogP contribution in [-0.2, 0) is 10.0 Å². The van der Waals surface area contributed by atoms with Crippen LogP contribution >= 0.6 is 15.9 Å². The maximum atomic E-state index is 12.2. The van der Waals surface area contributed by atoms with Gasteiger partial charge in [-0.15, -0.1) is 0 Å². The van der Waals surface area contributed by atoms with Crippen molar-refractivity contribution in [1.82, 2.24) is 4.72 Å². The molecule has 1 aromatic carbocycles. The van der Waals surface area contributed by atoms with Crippen molar-refractivity contribution < 1.29 is 8.42 Å². The van der Waals surface area contributed by atoms with Crippen molar-refractivity contribution in [1.29, 1.82) is 0 Å². The molecule has 0 radical (unpaired) electrons. The quantitative estimate of drug-likeness (QED) is 0.927. The fraction of sp³-hybridized carbons (Fsp3) is 0.500. The minimum absolute atomic E-state index is 0.0848. The van der Waals surface area contributed by atoms with Crippen molar-refractivity contribution in [2.45, 2.75) is 38.6 Å². The summed E-state index contributed by atoms with van der Waals surface area (Å²) in [6, 6.07) is 5.17. The molecular weight excluding hydrogens is 302 g/mol. The van der Waals surface area contributed by atoms with Gasteiger partial charge in [0.2, 0.25) is 10.0 Å². The lowest BCUT2D eigenvalue weighted by Gasteiger charge is -2.18. The van der Waals surface area contributed by atoms with Gasteiger partial charge in [-0.25, -0.2) is 13.1 Å². The first-order chi connectivity index (χ1) is 7.74. The van der Waals surface area contributed by atoms with Crippen molar-refractivity contribution in [2.24, 2.45) is 5.92 Å². The van der Waals surface area contributed by atoms with Gasteiger partial charge in [-0.1, -0.05) is 35.8 Å². The smallest absolute Gasteiger partial charge is 0.208 e. The molecule has 0 aliphatic carbocycles. The third-order valence-electron chi connectivity index (χ3n) is 2.78. The van der Waals surface area contributed by atoms with Crippen LogP contribution in [0.25, 0.3) is 0 Å². The Balaban J connectivity index is 3.09. The Morgan fingerprint density at radius 2 is 1.82 bits per heavy atom. The molecule has 0 heterocycles. The van der Waals surface area contributed by atoms with Crippen molar-refractivity contribution in [3.05, 3.63) is 28.2 Å². The van der Waals surface area contributed by atoms with Crippen LogP contribution in [0.5, 0.6) is 0 Å². The summed E-state index contributed by atoms with van der Waals surface area (Å²) in [6.45, 7) is 7.64. The third kappa shape index (κ3) is 3.79. The molecule has 0 fully saturated rings. The van der Waals surface area contributed by atoms with E-state index in [0.717, 1.165) is 10.0 Å².